The smallest absolute Gasteiger partial charge is 0.347 e. The maximum absolute atomic E-state index is 14.7. The number of phenols is 12. The topological polar surface area (TPSA) is 458 Å². The van der Waals surface area contributed by atoms with E-state index in [1.807, 2.05) is 0 Å². The van der Waals surface area contributed by atoms with Crippen LogP contribution in [0.5, 0.6) is 69.0 Å². The molecule has 0 amide bonds. The highest BCUT2D eigenvalue weighted by atomic mass is 16.6. The first kappa shape index (κ1) is 46.2. The lowest BCUT2D eigenvalue weighted by molar-refractivity contribution is -0.179. The second-order valence-electron chi connectivity index (χ2n) is 15.4. The van der Waals surface area contributed by atoms with Crippen molar-refractivity contribution < 1.29 is 133 Å². The molecule has 0 fully saturated rings. The van der Waals surface area contributed by atoms with Gasteiger partial charge in [0, 0.05) is 22.3 Å². The zero-order valence-corrected chi connectivity index (χ0v) is 34.1. The summed E-state index contributed by atoms with van der Waals surface area (Å²) in [6.07, 6.45) is -13.8. The SMILES string of the molecule is COC(=O)[C@@]1(O)C(=O)C2=C3C(=O)O[C@H]([C@H]([C@H]4OC(=O)c5cc(O)c(O)c(O)c5-c5c(cc(O)c(O)c5O)C(=O)OC[C@H]4OC(=O)c4cc(O)c(O)c(O)c4)OC(=O)c4cc(O)c(O)c(O)c4[C@H]31)[C@@H]2O. The van der Waals surface area contributed by atoms with Gasteiger partial charge in [-0.1, -0.05) is 0 Å². The Hall–Kier alpha value is -9.37. The van der Waals surface area contributed by atoms with Crippen LogP contribution in [-0.2, 0) is 42.8 Å². The molecule has 69 heavy (non-hydrogen) atoms. The van der Waals surface area contributed by atoms with Crippen LogP contribution in [0.2, 0.25) is 0 Å². The first-order valence-electron chi connectivity index (χ1n) is 19.2. The van der Waals surface area contributed by atoms with Crippen LogP contribution >= 0.6 is 0 Å². The summed E-state index contributed by atoms with van der Waals surface area (Å²) >= 11 is 0. The number of ether oxygens (including phenoxy) is 6. The predicted octanol–water partition coefficient (Wildman–Crippen LogP) is -0.865. The van der Waals surface area contributed by atoms with E-state index in [4.69, 9.17) is 23.7 Å². The molecule has 4 heterocycles. The lowest BCUT2D eigenvalue weighted by Gasteiger charge is -2.40. The van der Waals surface area contributed by atoms with Crippen LogP contribution in [0.1, 0.15) is 52.9 Å². The summed E-state index contributed by atoms with van der Waals surface area (Å²) in [6.45, 7) is -1.53. The Morgan fingerprint density at radius 2 is 1.03 bits per heavy atom. The molecule has 4 aliphatic heterocycles. The van der Waals surface area contributed by atoms with Gasteiger partial charge in [0.1, 0.15) is 12.7 Å². The molecule has 27 heteroatoms. The van der Waals surface area contributed by atoms with Gasteiger partial charge in [0.2, 0.25) is 28.6 Å². The standard InChI is InChI=1S/C42H30O27/c1-64-41(62)42(63)23-20-11(6-16(47)27(51)30(20)54)39(60)69-34(33-31(55)22(35(42)56)21(23)40(61)68-33)32-17(66-36(57)8-2-12(43)24(48)13(44)3-8)7-65-37(58)9-4-14(45)25(49)28(52)18(9)19-10(38(59)67-32)5-15(46)26(50)29(19)53/h2-6,17,23,31-34,43-55,63H,7H2,1H3/t17-,23-,31-,32+,33+,34+,42+/m1/s1. The molecule has 0 aromatic heterocycles. The van der Waals surface area contributed by atoms with E-state index in [0.717, 1.165) is 0 Å². The minimum absolute atomic E-state index is 0.314. The van der Waals surface area contributed by atoms with Crippen LogP contribution < -0.4 is 0 Å². The fourth-order valence-corrected chi connectivity index (χ4v) is 8.37. The number of aliphatic hydroxyl groups is 2. The Labute approximate surface area is 379 Å². The van der Waals surface area contributed by atoms with Gasteiger partial charge in [-0.05, 0) is 30.3 Å². The van der Waals surface area contributed by atoms with Crippen LogP contribution in [0.3, 0.4) is 0 Å². The summed E-state index contributed by atoms with van der Waals surface area (Å²) in [5, 5.41) is 151. The van der Waals surface area contributed by atoms with Gasteiger partial charge >= 0.3 is 35.8 Å². The number of cyclic esters (lactones) is 2. The number of carbonyl (C=O) groups is 7. The predicted molar refractivity (Wildman–Crippen MR) is 210 cm³/mol. The molecule has 5 aliphatic rings. The Bertz CT molecular complexity index is 3050. The third kappa shape index (κ3) is 6.69. The largest absolute Gasteiger partial charge is 0.504 e. The van der Waals surface area contributed by atoms with Gasteiger partial charge in [-0.2, -0.15) is 0 Å². The van der Waals surface area contributed by atoms with Crippen molar-refractivity contribution >= 4 is 41.6 Å². The minimum Gasteiger partial charge on any atom is -0.504 e. The van der Waals surface area contributed by atoms with Crippen molar-refractivity contribution in [2.45, 2.75) is 42.0 Å². The number of methoxy groups -OCH3 is 1. The maximum atomic E-state index is 14.7. The van der Waals surface area contributed by atoms with Gasteiger partial charge in [-0.25, -0.2) is 28.8 Å². The number of aliphatic hydroxyl groups excluding tert-OH is 1. The number of aromatic hydroxyl groups is 12. The van der Waals surface area contributed by atoms with Gasteiger partial charge in [-0.15, -0.1) is 0 Å². The number of rotatable bonds is 4. The zero-order valence-electron chi connectivity index (χ0n) is 34.1. The highest BCUT2D eigenvalue weighted by Gasteiger charge is 2.68. The molecule has 1 aliphatic carbocycles. The molecule has 0 saturated heterocycles. The van der Waals surface area contributed by atoms with E-state index in [1.165, 1.54) is 0 Å². The number of benzene rings is 4. The molecule has 9 rings (SSSR count). The number of ketones is 1. The van der Waals surface area contributed by atoms with Crippen LogP contribution in [0, 0.1) is 0 Å². The minimum atomic E-state index is -3.72. The average Bonchev–Trinajstić information content (AvgIpc) is 3.54. The third-order valence-electron chi connectivity index (χ3n) is 11.6. The normalized spacial score (nSPS) is 24.1. The Kier molecular flexibility index (Phi) is 10.6. The molecule has 4 bridgehead atoms. The Morgan fingerprint density at radius 3 is 1.58 bits per heavy atom. The van der Waals surface area contributed by atoms with Crippen LogP contribution in [-0.4, -0.2) is 163 Å². The van der Waals surface area contributed by atoms with Crippen molar-refractivity contribution in [2.75, 3.05) is 13.7 Å². The highest BCUT2D eigenvalue weighted by Crippen LogP contribution is 2.57. The van der Waals surface area contributed by atoms with E-state index < -0.39 is 209 Å². The van der Waals surface area contributed by atoms with E-state index in [1.54, 1.807) is 0 Å². The first-order chi connectivity index (χ1) is 32.4. The van der Waals surface area contributed by atoms with E-state index >= 15 is 0 Å². The summed E-state index contributed by atoms with van der Waals surface area (Å²) < 4.78 is 32.2. The molecule has 7 atom stereocenters. The average molecular weight is 967 g/mol. The van der Waals surface area contributed by atoms with Crippen LogP contribution in [0.15, 0.2) is 41.5 Å². The van der Waals surface area contributed by atoms with E-state index in [9.17, 15) is 105 Å². The van der Waals surface area contributed by atoms with Crippen molar-refractivity contribution in [3.63, 3.8) is 0 Å². The maximum Gasteiger partial charge on any atom is 0.347 e. The monoisotopic (exact) mass is 966 g/mol. The third-order valence-corrected chi connectivity index (χ3v) is 11.6. The summed E-state index contributed by atoms with van der Waals surface area (Å²) in [4.78, 5) is 99.0. The van der Waals surface area contributed by atoms with Crippen molar-refractivity contribution in [1.82, 2.24) is 0 Å². The molecular weight excluding hydrogens is 936 g/mol. The van der Waals surface area contributed by atoms with Gasteiger partial charge in [0.25, 0.3) is 0 Å². The van der Waals surface area contributed by atoms with E-state index in [-0.39, 0.29) is 0 Å². The van der Waals surface area contributed by atoms with E-state index in [0.29, 0.717) is 37.4 Å². The highest BCUT2D eigenvalue weighted by molar-refractivity contribution is 6.25. The summed E-state index contributed by atoms with van der Waals surface area (Å²) in [6, 6.07) is 2.04. The molecule has 4 aromatic rings. The number of esters is 6. The number of carbonyl (C=O) groups excluding carboxylic acids is 7. The second kappa shape index (κ2) is 15.9. The van der Waals surface area contributed by atoms with Crippen molar-refractivity contribution in [2.24, 2.45) is 0 Å². The van der Waals surface area contributed by atoms with Gasteiger partial charge in [0.05, 0.1) is 40.9 Å². The molecule has 27 nitrogen and oxygen atoms in total. The molecule has 360 valence electrons. The van der Waals surface area contributed by atoms with Crippen molar-refractivity contribution in [3.05, 3.63) is 69.3 Å². The molecule has 0 unspecified atom stereocenters. The van der Waals surface area contributed by atoms with Gasteiger partial charge in [-0.3, -0.25) is 4.79 Å². The second-order valence-corrected chi connectivity index (χ2v) is 15.4. The van der Waals surface area contributed by atoms with Gasteiger partial charge in [0.15, 0.2) is 76.2 Å². The van der Waals surface area contributed by atoms with Crippen LogP contribution in [0.4, 0.5) is 0 Å². The van der Waals surface area contributed by atoms with E-state index in [2.05, 4.69) is 4.74 Å². The summed E-state index contributed by atoms with van der Waals surface area (Å²) in [7, 11) is 0.645. The van der Waals surface area contributed by atoms with Gasteiger partial charge < -0.3 is 99.9 Å². The number of hydrogen-bond acceptors (Lipinski definition) is 27. The van der Waals surface area contributed by atoms with Crippen LogP contribution in [0.25, 0.3) is 11.1 Å². The van der Waals surface area contributed by atoms with Crippen molar-refractivity contribution in [1.29, 1.82) is 0 Å². The summed E-state index contributed by atoms with van der Waals surface area (Å²) in [5.41, 5.74) is -14.1. The number of phenolic OH excluding ortho intramolecular Hbond substituents is 12. The molecule has 0 radical (unpaired) electrons. The Balaban J connectivity index is 1.41. The molecule has 4 aromatic carbocycles. The zero-order chi connectivity index (χ0) is 50.6. The number of hydrogen-bond donors (Lipinski definition) is 14. The number of fused-ring (bicyclic) bond motifs is 6. The molecule has 0 spiro atoms. The summed E-state index contributed by atoms with van der Waals surface area (Å²) in [5.74, 6) is -32.0. The fourth-order valence-electron chi connectivity index (χ4n) is 8.37. The Morgan fingerprint density at radius 1 is 0.565 bits per heavy atom. The quantitative estimate of drug-likeness (QED) is 0.0512. The lowest BCUT2D eigenvalue weighted by Crippen LogP contribution is -2.58. The fraction of sp³-hybridized carbons (Fsp3) is 0.214. The number of Topliss-reactive ketones (excluding diaryl/α,β-unsaturated/α-hetero) is 1. The molecule has 14 N–H and O–H groups in total. The lowest BCUT2D eigenvalue weighted by atomic mass is 9.77. The molecular formula is C42H30O27. The molecule has 0 saturated carbocycles. The first-order valence-corrected chi connectivity index (χ1v) is 19.2. The van der Waals surface area contributed by atoms with Crippen molar-refractivity contribution in [3.8, 4) is 80.1 Å².